The van der Waals surface area contributed by atoms with Crippen LogP contribution in [0.15, 0.2) is 24.7 Å². The Labute approximate surface area is 139 Å². The van der Waals surface area contributed by atoms with Crippen LogP contribution in [-0.2, 0) is 9.53 Å². The Hall–Kier alpha value is -2.32. The van der Waals surface area contributed by atoms with Crippen molar-refractivity contribution in [1.82, 2.24) is 19.9 Å². The van der Waals surface area contributed by atoms with Gasteiger partial charge in [0.05, 0.1) is 18.3 Å². The average molecular weight is 328 g/mol. The molecule has 0 radical (unpaired) electrons. The predicted molar refractivity (Wildman–Crippen MR) is 88.4 cm³/mol. The van der Waals surface area contributed by atoms with E-state index < -0.39 is 6.10 Å². The van der Waals surface area contributed by atoms with E-state index in [1.54, 1.807) is 23.5 Å². The number of fused-ring (bicyclic) bond motifs is 1. The first-order valence-corrected chi connectivity index (χ1v) is 8.12. The Morgan fingerprint density at radius 1 is 1.17 bits per heavy atom. The molecule has 2 aliphatic heterocycles. The van der Waals surface area contributed by atoms with Crippen LogP contribution in [0.1, 0.15) is 6.92 Å². The van der Waals surface area contributed by atoms with Gasteiger partial charge >= 0.3 is 0 Å². The van der Waals surface area contributed by atoms with E-state index in [2.05, 4.69) is 19.9 Å². The molecular formula is C16H20N6O2. The van der Waals surface area contributed by atoms with Crippen molar-refractivity contribution < 1.29 is 9.53 Å². The maximum absolute atomic E-state index is 12.6. The lowest BCUT2D eigenvalue weighted by atomic mass is 10.1. The summed E-state index contributed by atoms with van der Waals surface area (Å²) in [7, 11) is 0. The van der Waals surface area contributed by atoms with Gasteiger partial charge in [0.2, 0.25) is 0 Å². The smallest absolute Gasteiger partial charge is 0.253 e. The van der Waals surface area contributed by atoms with Crippen molar-refractivity contribution in [3.8, 4) is 0 Å². The molecule has 0 aromatic carbocycles. The van der Waals surface area contributed by atoms with Gasteiger partial charge < -0.3 is 20.3 Å². The number of morpholine rings is 1. The largest absolute Gasteiger partial charge is 0.364 e. The molecular weight excluding hydrogens is 308 g/mol. The van der Waals surface area contributed by atoms with Crippen LogP contribution in [-0.4, -0.2) is 70.2 Å². The lowest BCUT2D eigenvalue weighted by Crippen LogP contribution is -2.63. The summed E-state index contributed by atoms with van der Waals surface area (Å²) in [5.74, 6) is 0.0118. The van der Waals surface area contributed by atoms with Gasteiger partial charge in [-0.25, -0.2) is 15.0 Å². The number of nitrogens with zero attached hydrogens (tertiary/aromatic N) is 5. The molecule has 24 heavy (non-hydrogen) atoms. The van der Waals surface area contributed by atoms with E-state index in [1.807, 2.05) is 13.0 Å². The summed E-state index contributed by atoms with van der Waals surface area (Å²) in [6.07, 6.45) is 4.46. The number of nitrogens with two attached hydrogens (primary N) is 1. The second-order valence-corrected chi connectivity index (χ2v) is 6.40. The van der Waals surface area contributed by atoms with Gasteiger partial charge in [-0.2, -0.15) is 0 Å². The van der Waals surface area contributed by atoms with Crippen LogP contribution < -0.4 is 10.6 Å². The summed E-state index contributed by atoms with van der Waals surface area (Å²) in [5, 5.41) is 0. The number of hydrogen-bond donors (Lipinski definition) is 1. The number of hydrogen-bond acceptors (Lipinski definition) is 7. The highest BCUT2D eigenvalue weighted by Crippen LogP contribution is 2.26. The van der Waals surface area contributed by atoms with Crippen LogP contribution in [0.3, 0.4) is 0 Å². The van der Waals surface area contributed by atoms with Crippen molar-refractivity contribution in [3.05, 3.63) is 24.7 Å². The highest BCUT2D eigenvalue weighted by Gasteiger charge is 2.37. The highest BCUT2D eigenvalue weighted by atomic mass is 16.5. The number of likely N-dealkylation sites (tertiary alicyclic amines) is 1. The number of ether oxygens (including phenoxy) is 1. The number of carbonyl (C=O) groups excluding carboxylic acids is 1. The topological polar surface area (TPSA) is 97.5 Å². The summed E-state index contributed by atoms with van der Waals surface area (Å²) >= 11 is 0. The SMILES string of the molecule is C[C@@H]1CN(c2ccnc3nccnc23)C[C@H](C(=O)N2CC(N)C2)O1. The summed E-state index contributed by atoms with van der Waals surface area (Å²) in [5.41, 5.74) is 8.05. The minimum absolute atomic E-state index is 0.0118. The Bertz CT molecular complexity index is 758. The molecule has 2 atom stereocenters. The molecule has 2 aromatic rings. The lowest BCUT2D eigenvalue weighted by Gasteiger charge is -2.43. The van der Waals surface area contributed by atoms with Crippen LogP contribution in [0, 0.1) is 0 Å². The predicted octanol–water partition coefficient (Wildman–Crippen LogP) is -0.212. The Balaban J connectivity index is 1.59. The summed E-state index contributed by atoms with van der Waals surface area (Å²) < 4.78 is 5.88. The van der Waals surface area contributed by atoms with Gasteiger partial charge in [0.15, 0.2) is 11.8 Å². The van der Waals surface area contributed by atoms with Crippen molar-refractivity contribution in [3.63, 3.8) is 0 Å². The third-order valence-corrected chi connectivity index (χ3v) is 4.45. The Morgan fingerprint density at radius 3 is 2.71 bits per heavy atom. The fourth-order valence-electron chi connectivity index (χ4n) is 3.30. The van der Waals surface area contributed by atoms with Crippen LogP contribution in [0.5, 0.6) is 0 Å². The third kappa shape index (κ3) is 2.67. The van der Waals surface area contributed by atoms with Gasteiger partial charge in [0.1, 0.15) is 5.52 Å². The molecule has 8 nitrogen and oxygen atoms in total. The molecule has 4 heterocycles. The lowest BCUT2D eigenvalue weighted by molar-refractivity contribution is -0.152. The van der Waals surface area contributed by atoms with E-state index in [0.717, 1.165) is 11.2 Å². The first-order chi connectivity index (χ1) is 11.6. The van der Waals surface area contributed by atoms with E-state index in [0.29, 0.717) is 31.8 Å². The van der Waals surface area contributed by atoms with Crippen molar-refractivity contribution in [2.24, 2.45) is 5.73 Å². The molecule has 0 unspecified atom stereocenters. The van der Waals surface area contributed by atoms with Crippen molar-refractivity contribution in [1.29, 1.82) is 0 Å². The van der Waals surface area contributed by atoms with E-state index in [-0.39, 0.29) is 18.1 Å². The molecule has 4 rings (SSSR count). The summed E-state index contributed by atoms with van der Waals surface area (Å²) in [6, 6.07) is 2.00. The van der Waals surface area contributed by atoms with Gasteiger partial charge in [-0.3, -0.25) is 4.79 Å². The fraction of sp³-hybridized carbons (Fsp3) is 0.500. The minimum atomic E-state index is -0.485. The van der Waals surface area contributed by atoms with Gasteiger partial charge in [0.25, 0.3) is 5.91 Å². The summed E-state index contributed by atoms with van der Waals surface area (Å²) in [4.78, 5) is 29.4. The van der Waals surface area contributed by atoms with E-state index in [1.165, 1.54) is 0 Å². The standard InChI is InChI=1S/C16H20N6O2/c1-10-6-21(9-13(24-10)16(23)22-7-11(17)8-22)12-2-3-19-15-14(12)18-4-5-20-15/h2-5,10-11,13H,6-9,17H2,1H3/t10-,13-/m1/s1. The van der Waals surface area contributed by atoms with Crippen molar-refractivity contribution >= 4 is 22.8 Å². The first-order valence-electron chi connectivity index (χ1n) is 8.12. The van der Waals surface area contributed by atoms with Gasteiger partial charge in [-0.05, 0) is 13.0 Å². The first kappa shape index (κ1) is 15.2. The second-order valence-electron chi connectivity index (χ2n) is 6.40. The number of pyridine rings is 1. The molecule has 0 spiro atoms. The van der Waals surface area contributed by atoms with Crippen molar-refractivity contribution in [2.75, 3.05) is 31.1 Å². The van der Waals surface area contributed by atoms with Crippen molar-refractivity contribution in [2.45, 2.75) is 25.2 Å². The molecule has 0 bridgehead atoms. The molecule has 0 saturated carbocycles. The molecule has 126 valence electrons. The molecule has 2 fully saturated rings. The van der Waals surface area contributed by atoms with Crippen LogP contribution in [0.4, 0.5) is 5.69 Å². The van der Waals surface area contributed by atoms with Crippen LogP contribution >= 0.6 is 0 Å². The maximum atomic E-state index is 12.6. The molecule has 2 saturated heterocycles. The van der Waals surface area contributed by atoms with Crippen LogP contribution in [0.25, 0.3) is 11.2 Å². The van der Waals surface area contributed by atoms with E-state index >= 15 is 0 Å². The Kier molecular flexibility index (Phi) is 3.78. The van der Waals surface area contributed by atoms with Crippen LogP contribution in [0.2, 0.25) is 0 Å². The number of carbonyl (C=O) groups is 1. The molecule has 2 N–H and O–H groups in total. The maximum Gasteiger partial charge on any atom is 0.253 e. The Morgan fingerprint density at radius 2 is 1.92 bits per heavy atom. The number of aromatic nitrogens is 3. The van der Waals surface area contributed by atoms with Gasteiger partial charge in [0, 0.05) is 44.3 Å². The second kappa shape index (κ2) is 5.95. The molecule has 8 heteroatoms. The third-order valence-electron chi connectivity index (χ3n) is 4.45. The van der Waals surface area contributed by atoms with E-state index in [9.17, 15) is 4.79 Å². The molecule has 2 aliphatic rings. The zero-order valence-corrected chi connectivity index (χ0v) is 13.5. The molecule has 2 aromatic heterocycles. The van der Waals surface area contributed by atoms with Gasteiger partial charge in [-0.1, -0.05) is 0 Å². The van der Waals surface area contributed by atoms with Gasteiger partial charge in [-0.15, -0.1) is 0 Å². The monoisotopic (exact) mass is 328 g/mol. The fourth-order valence-corrected chi connectivity index (χ4v) is 3.30. The zero-order valence-electron chi connectivity index (χ0n) is 13.5. The zero-order chi connectivity index (χ0) is 16.7. The minimum Gasteiger partial charge on any atom is -0.364 e. The summed E-state index contributed by atoms with van der Waals surface area (Å²) in [6.45, 7) is 4.38. The quantitative estimate of drug-likeness (QED) is 0.814. The number of amides is 1. The number of rotatable bonds is 2. The van der Waals surface area contributed by atoms with E-state index in [4.69, 9.17) is 10.5 Å². The normalized spacial score (nSPS) is 24.9. The average Bonchev–Trinajstić information content (AvgIpc) is 2.57. The molecule has 1 amide bonds. The highest BCUT2D eigenvalue weighted by molar-refractivity contribution is 5.87. The molecule has 0 aliphatic carbocycles. The number of anilines is 1.